The Labute approximate surface area is 209 Å². The first-order valence-corrected chi connectivity index (χ1v) is 12.6. The summed E-state index contributed by atoms with van der Waals surface area (Å²) in [6.07, 6.45) is 1.91. The number of fused-ring (bicyclic) bond motifs is 1. The Morgan fingerprint density at radius 2 is 1.97 bits per heavy atom. The standard InChI is InChI=1S/C19H18F3N3O3.C5H11NOS/c1-10(19(2,3)27)25-15-6-11(9-26)8-23-17(15)16(24-25)13-7-12(28-18(21)22)4-5-14(13)20;1-5(6-2)3-8(7)4-5/h4-10,18,27H,1-3H3;6H,3-4H2,1-2H3. The van der Waals surface area contributed by atoms with Crippen LogP contribution in [0.25, 0.3) is 22.3 Å². The second-order valence-corrected chi connectivity index (χ2v) is 10.9. The van der Waals surface area contributed by atoms with Gasteiger partial charge in [0.25, 0.3) is 0 Å². The number of rotatable bonds is 7. The van der Waals surface area contributed by atoms with Gasteiger partial charge >= 0.3 is 6.61 Å². The zero-order valence-electron chi connectivity index (χ0n) is 20.6. The highest BCUT2D eigenvalue weighted by atomic mass is 32.2. The number of nitrogens with one attached hydrogen (secondary N) is 1. The molecule has 8 nitrogen and oxygen atoms in total. The SMILES string of the molecule is CC(n1nc(-c2cc(OC(F)F)ccc2F)c2ncc(C=O)cc21)C(C)(C)O.CNC1(C)CS(=O)C1. The van der Waals surface area contributed by atoms with Crippen LogP contribution in [0.15, 0.2) is 30.5 Å². The van der Waals surface area contributed by atoms with E-state index in [2.05, 4.69) is 27.1 Å². The van der Waals surface area contributed by atoms with E-state index in [0.29, 0.717) is 11.8 Å². The van der Waals surface area contributed by atoms with Gasteiger partial charge in [-0.15, -0.1) is 0 Å². The maximum absolute atomic E-state index is 14.5. The molecule has 1 aromatic carbocycles. The Morgan fingerprint density at radius 3 is 2.47 bits per heavy atom. The van der Waals surface area contributed by atoms with Gasteiger partial charge in [-0.2, -0.15) is 13.9 Å². The summed E-state index contributed by atoms with van der Waals surface area (Å²) in [7, 11) is 1.39. The molecule has 36 heavy (non-hydrogen) atoms. The molecule has 1 aliphatic heterocycles. The minimum absolute atomic E-state index is 0.0840. The monoisotopic (exact) mass is 526 g/mol. The number of aromatic nitrogens is 3. The summed E-state index contributed by atoms with van der Waals surface area (Å²) in [6, 6.07) is 4.15. The molecular weight excluding hydrogens is 497 g/mol. The molecule has 1 unspecified atom stereocenters. The normalized spacial score (nSPS) is 20.4. The van der Waals surface area contributed by atoms with Gasteiger partial charge in [-0.3, -0.25) is 18.7 Å². The zero-order chi connectivity index (χ0) is 26.8. The van der Waals surface area contributed by atoms with Crippen molar-refractivity contribution in [1.82, 2.24) is 20.1 Å². The zero-order valence-corrected chi connectivity index (χ0v) is 21.4. The van der Waals surface area contributed by atoms with Crippen LogP contribution in [0.5, 0.6) is 5.75 Å². The number of alkyl halides is 2. The van der Waals surface area contributed by atoms with Crippen LogP contribution in [-0.2, 0) is 10.8 Å². The Morgan fingerprint density at radius 1 is 1.31 bits per heavy atom. The first-order valence-electron chi connectivity index (χ1n) is 11.1. The Kier molecular flexibility index (Phi) is 8.21. The average Bonchev–Trinajstić information content (AvgIpc) is 3.16. The lowest BCUT2D eigenvalue weighted by atomic mass is 10.0. The minimum Gasteiger partial charge on any atom is -0.435 e. The van der Waals surface area contributed by atoms with E-state index in [0.717, 1.165) is 29.7 Å². The minimum atomic E-state index is -3.06. The van der Waals surface area contributed by atoms with Gasteiger partial charge in [0.2, 0.25) is 0 Å². The van der Waals surface area contributed by atoms with E-state index in [9.17, 15) is 27.3 Å². The molecule has 0 aliphatic carbocycles. The highest BCUT2D eigenvalue weighted by molar-refractivity contribution is 7.86. The van der Waals surface area contributed by atoms with Gasteiger partial charge in [-0.1, -0.05) is 0 Å². The van der Waals surface area contributed by atoms with Crippen molar-refractivity contribution in [3.63, 3.8) is 0 Å². The van der Waals surface area contributed by atoms with Crippen LogP contribution in [0, 0.1) is 5.82 Å². The van der Waals surface area contributed by atoms with Gasteiger partial charge in [0, 0.05) is 45.2 Å². The van der Waals surface area contributed by atoms with Crippen LogP contribution >= 0.6 is 0 Å². The molecule has 196 valence electrons. The Bertz CT molecular complexity index is 1270. The summed E-state index contributed by atoms with van der Waals surface area (Å²) < 4.78 is 55.9. The lowest BCUT2D eigenvalue weighted by Gasteiger charge is -2.36. The average molecular weight is 527 g/mol. The van der Waals surface area contributed by atoms with Crippen molar-refractivity contribution in [2.24, 2.45) is 0 Å². The maximum Gasteiger partial charge on any atom is 0.387 e. The molecule has 0 radical (unpaired) electrons. The number of hydrogen-bond acceptors (Lipinski definition) is 7. The molecular formula is C24H29F3N4O4S. The van der Waals surface area contributed by atoms with Crippen molar-refractivity contribution in [3.05, 3.63) is 41.8 Å². The maximum atomic E-state index is 14.5. The molecule has 0 saturated carbocycles. The molecule has 1 fully saturated rings. The number of carbonyl (C=O) groups is 1. The van der Waals surface area contributed by atoms with Crippen LogP contribution in [0.3, 0.4) is 0 Å². The van der Waals surface area contributed by atoms with E-state index in [1.54, 1.807) is 20.8 Å². The van der Waals surface area contributed by atoms with Gasteiger partial charge in [0.15, 0.2) is 6.29 Å². The third-order valence-corrected chi connectivity index (χ3v) is 7.99. The Balaban J connectivity index is 0.000000383. The first-order chi connectivity index (χ1) is 16.8. The van der Waals surface area contributed by atoms with Crippen molar-refractivity contribution in [2.75, 3.05) is 18.6 Å². The number of hydrogen-bond donors (Lipinski definition) is 2. The predicted molar refractivity (Wildman–Crippen MR) is 131 cm³/mol. The first kappa shape index (κ1) is 27.8. The molecule has 1 atom stereocenters. The van der Waals surface area contributed by atoms with Crippen LogP contribution in [0.1, 0.15) is 44.1 Å². The van der Waals surface area contributed by atoms with Gasteiger partial charge in [0.1, 0.15) is 22.8 Å². The summed E-state index contributed by atoms with van der Waals surface area (Å²) in [5, 5.41) is 17.9. The van der Waals surface area contributed by atoms with Crippen LogP contribution in [0.4, 0.5) is 13.2 Å². The molecule has 0 spiro atoms. The van der Waals surface area contributed by atoms with Gasteiger partial charge < -0.3 is 15.2 Å². The third-order valence-electron chi connectivity index (χ3n) is 6.07. The van der Waals surface area contributed by atoms with E-state index in [1.807, 2.05) is 7.05 Å². The summed E-state index contributed by atoms with van der Waals surface area (Å²) in [6.45, 7) is 3.90. The van der Waals surface area contributed by atoms with Crippen molar-refractivity contribution in [2.45, 2.75) is 51.5 Å². The molecule has 1 aliphatic rings. The van der Waals surface area contributed by atoms with Crippen molar-refractivity contribution < 1.29 is 32.0 Å². The predicted octanol–water partition coefficient (Wildman–Crippen LogP) is 3.71. The molecule has 2 N–H and O–H groups in total. The topological polar surface area (TPSA) is 106 Å². The van der Waals surface area contributed by atoms with E-state index < -0.39 is 34.9 Å². The smallest absolute Gasteiger partial charge is 0.387 e. The number of aliphatic hydroxyl groups is 1. The highest BCUT2D eigenvalue weighted by Gasteiger charge is 2.36. The van der Waals surface area contributed by atoms with Crippen molar-refractivity contribution >= 4 is 28.1 Å². The summed E-state index contributed by atoms with van der Waals surface area (Å²) >= 11 is 0. The van der Waals surface area contributed by atoms with E-state index in [1.165, 1.54) is 16.9 Å². The fourth-order valence-corrected chi connectivity index (χ4v) is 5.18. The molecule has 1 saturated heterocycles. The van der Waals surface area contributed by atoms with Crippen molar-refractivity contribution in [1.29, 1.82) is 0 Å². The lowest BCUT2D eigenvalue weighted by Crippen LogP contribution is -2.58. The molecule has 3 aromatic rings. The number of pyridine rings is 1. The fraction of sp³-hybridized carbons (Fsp3) is 0.458. The summed E-state index contributed by atoms with van der Waals surface area (Å²) in [5.41, 5.74) is -0.0729. The number of halogens is 3. The van der Waals surface area contributed by atoms with E-state index >= 15 is 0 Å². The second-order valence-electron chi connectivity index (χ2n) is 9.44. The molecule has 3 heterocycles. The van der Waals surface area contributed by atoms with E-state index in [4.69, 9.17) is 0 Å². The molecule has 2 aromatic heterocycles. The van der Waals surface area contributed by atoms with Crippen LogP contribution < -0.4 is 10.1 Å². The van der Waals surface area contributed by atoms with Gasteiger partial charge in [-0.25, -0.2) is 4.39 Å². The van der Waals surface area contributed by atoms with Gasteiger partial charge in [0.05, 0.1) is 17.2 Å². The fourth-order valence-electron chi connectivity index (χ4n) is 3.55. The molecule has 4 rings (SSSR count). The number of nitrogens with zero attached hydrogens (tertiary/aromatic N) is 3. The number of ether oxygens (including phenoxy) is 1. The van der Waals surface area contributed by atoms with Gasteiger partial charge in [-0.05, 0) is 59.0 Å². The van der Waals surface area contributed by atoms with Crippen LogP contribution in [0.2, 0.25) is 0 Å². The summed E-state index contributed by atoms with van der Waals surface area (Å²) in [5.74, 6) is 0.715. The van der Waals surface area contributed by atoms with E-state index in [-0.39, 0.29) is 33.6 Å². The third kappa shape index (κ3) is 6.11. The number of aldehydes is 1. The quantitative estimate of drug-likeness (QED) is 0.452. The number of carbonyl (C=O) groups excluding carboxylic acids is 1. The second kappa shape index (κ2) is 10.7. The summed E-state index contributed by atoms with van der Waals surface area (Å²) in [4.78, 5) is 15.3. The van der Waals surface area contributed by atoms with Crippen LogP contribution in [-0.4, -0.2) is 66.7 Å². The highest BCUT2D eigenvalue weighted by Crippen LogP contribution is 2.34. The Hall–Kier alpha value is -2.83. The molecule has 12 heteroatoms. The molecule has 0 bridgehead atoms. The number of benzene rings is 1. The molecule has 0 amide bonds. The van der Waals surface area contributed by atoms with Crippen molar-refractivity contribution in [3.8, 4) is 17.0 Å². The largest absolute Gasteiger partial charge is 0.435 e. The lowest BCUT2D eigenvalue weighted by molar-refractivity contribution is -0.0498.